The second-order valence-electron chi connectivity index (χ2n) is 4.85. The molecule has 0 spiro atoms. The molecule has 0 bridgehead atoms. The highest BCUT2D eigenvalue weighted by Gasteiger charge is 2.18. The number of nitrogens with zero attached hydrogens (tertiary/aromatic N) is 2. The molecule has 0 saturated carbocycles. The highest BCUT2D eigenvalue weighted by molar-refractivity contribution is 5.81. The fourth-order valence-corrected chi connectivity index (χ4v) is 2.08. The van der Waals surface area contributed by atoms with E-state index >= 15 is 0 Å². The summed E-state index contributed by atoms with van der Waals surface area (Å²) in [5.74, 6) is -0.0577. The van der Waals surface area contributed by atoms with E-state index in [-0.39, 0.29) is 5.91 Å². The van der Waals surface area contributed by atoms with Crippen molar-refractivity contribution in [1.82, 2.24) is 9.88 Å². The van der Waals surface area contributed by atoms with Crippen molar-refractivity contribution >= 4 is 5.91 Å². The summed E-state index contributed by atoms with van der Waals surface area (Å²) in [4.78, 5) is 17.9. The van der Waals surface area contributed by atoms with Crippen LogP contribution in [-0.2, 0) is 17.8 Å². The van der Waals surface area contributed by atoms with Crippen LogP contribution in [0, 0.1) is 0 Å². The van der Waals surface area contributed by atoms with Crippen LogP contribution in [0.3, 0.4) is 0 Å². The molecule has 0 unspecified atom stereocenters. The lowest BCUT2D eigenvalue weighted by molar-refractivity contribution is -0.131. The summed E-state index contributed by atoms with van der Waals surface area (Å²) >= 11 is 0. The maximum Gasteiger partial charge on any atom is 0.239 e. The average molecular weight is 269 g/mol. The molecule has 0 aliphatic heterocycles. The van der Waals surface area contributed by atoms with Crippen molar-refractivity contribution in [2.75, 3.05) is 7.05 Å². The lowest BCUT2D eigenvalue weighted by Crippen LogP contribution is -2.42. The predicted molar refractivity (Wildman–Crippen MR) is 78.8 cm³/mol. The van der Waals surface area contributed by atoms with Crippen LogP contribution in [0.4, 0.5) is 0 Å². The molecule has 104 valence electrons. The molecule has 0 radical (unpaired) electrons. The normalized spacial score (nSPS) is 11.9. The molecule has 2 rings (SSSR count). The van der Waals surface area contributed by atoms with E-state index in [0.717, 1.165) is 11.1 Å². The van der Waals surface area contributed by atoms with Crippen molar-refractivity contribution in [3.05, 3.63) is 66.0 Å². The zero-order chi connectivity index (χ0) is 14.4. The third-order valence-corrected chi connectivity index (χ3v) is 3.13. The van der Waals surface area contributed by atoms with Crippen LogP contribution in [0.15, 0.2) is 54.9 Å². The Kier molecular flexibility index (Phi) is 4.85. The van der Waals surface area contributed by atoms with Crippen molar-refractivity contribution in [2.45, 2.75) is 19.0 Å². The van der Waals surface area contributed by atoms with Gasteiger partial charge in [-0.2, -0.15) is 0 Å². The van der Waals surface area contributed by atoms with E-state index in [2.05, 4.69) is 4.98 Å². The first-order valence-electron chi connectivity index (χ1n) is 6.60. The molecule has 1 atom stereocenters. The molecule has 4 heteroatoms. The van der Waals surface area contributed by atoms with E-state index in [1.54, 1.807) is 24.3 Å². The zero-order valence-corrected chi connectivity index (χ0v) is 11.6. The molecule has 0 saturated heterocycles. The quantitative estimate of drug-likeness (QED) is 0.897. The van der Waals surface area contributed by atoms with Crippen LogP contribution in [0.1, 0.15) is 11.1 Å². The first kappa shape index (κ1) is 14.2. The van der Waals surface area contributed by atoms with Gasteiger partial charge in [-0.15, -0.1) is 0 Å². The van der Waals surface area contributed by atoms with Gasteiger partial charge in [0.2, 0.25) is 5.91 Å². The number of hydrogen-bond acceptors (Lipinski definition) is 3. The van der Waals surface area contributed by atoms with Crippen LogP contribution in [0.2, 0.25) is 0 Å². The molecule has 1 amide bonds. The third-order valence-electron chi connectivity index (χ3n) is 3.13. The molecule has 1 aromatic carbocycles. The molecule has 2 aromatic rings. The lowest BCUT2D eigenvalue weighted by Gasteiger charge is -2.21. The average Bonchev–Trinajstić information content (AvgIpc) is 2.48. The van der Waals surface area contributed by atoms with Crippen LogP contribution in [0.5, 0.6) is 0 Å². The highest BCUT2D eigenvalue weighted by atomic mass is 16.2. The molecule has 20 heavy (non-hydrogen) atoms. The summed E-state index contributed by atoms with van der Waals surface area (Å²) in [6.45, 7) is 0.523. The van der Waals surface area contributed by atoms with Gasteiger partial charge in [0.15, 0.2) is 0 Å². The summed E-state index contributed by atoms with van der Waals surface area (Å²) in [5, 5.41) is 0. The van der Waals surface area contributed by atoms with E-state index in [9.17, 15) is 4.79 Å². The van der Waals surface area contributed by atoms with Gasteiger partial charge >= 0.3 is 0 Å². The third kappa shape index (κ3) is 3.90. The van der Waals surface area contributed by atoms with Gasteiger partial charge in [0.05, 0.1) is 6.04 Å². The topological polar surface area (TPSA) is 59.2 Å². The zero-order valence-electron chi connectivity index (χ0n) is 11.6. The SMILES string of the molecule is CN(Cc1cccnc1)C(=O)[C@H](N)Cc1ccccc1. The van der Waals surface area contributed by atoms with Gasteiger partial charge in [0, 0.05) is 26.0 Å². The monoisotopic (exact) mass is 269 g/mol. The van der Waals surface area contributed by atoms with Crippen molar-refractivity contribution in [3.63, 3.8) is 0 Å². The summed E-state index contributed by atoms with van der Waals surface area (Å²) in [6.07, 6.45) is 4.02. The molecule has 2 N–H and O–H groups in total. The number of hydrogen-bond donors (Lipinski definition) is 1. The van der Waals surface area contributed by atoms with Gasteiger partial charge in [0.25, 0.3) is 0 Å². The predicted octanol–water partition coefficient (Wildman–Crippen LogP) is 1.61. The minimum absolute atomic E-state index is 0.0577. The van der Waals surface area contributed by atoms with Crippen LogP contribution < -0.4 is 5.73 Å². The van der Waals surface area contributed by atoms with Crippen molar-refractivity contribution < 1.29 is 4.79 Å². The number of pyridine rings is 1. The van der Waals surface area contributed by atoms with Gasteiger partial charge in [-0.1, -0.05) is 36.4 Å². The van der Waals surface area contributed by atoms with Gasteiger partial charge in [-0.3, -0.25) is 9.78 Å². The van der Waals surface area contributed by atoms with Crippen LogP contribution >= 0.6 is 0 Å². The molecular formula is C16H19N3O. The highest BCUT2D eigenvalue weighted by Crippen LogP contribution is 2.06. The standard InChI is InChI=1S/C16H19N3O/c1-19(12-14-8-5-9-18-11-14)16(20)15(17)10-13-6-3-2-4-7-13/h2-9,11,15H,10,12,17H2,1H3/t15-/m1/s1. The largest absolute Gasteiger partial charge is 0.340 e. The number of aromatic nitrogens is 1. The van der Waals surface area contributed by atoms with Gasteiger partial charge in [-0.05, 0) is 23.6 Å². The maximum atomic E-state index is 12.2. The van der Waals surface area contributed by atoms with E-state index < -0.39 is 6.04 Å². The van der Waals surface area contributed by atoms with E-state index in [1.165, 1.54) is 0 Å². The van der Waals surface area contributed by atoms with Gasteiger partial charge < -0.3 is 10.6 Å². The van der Waals surface area contributed by atoms with E-state index in [4.69, 9.17) is 5.73 Å². The molecule has 0 aliphatic carbocycles. The number of rotatable bonds is 5. The van der Waals surface area contributed by atoms with E-state index in [1.807, 2.05) is 42.5 Å². The van der Waals surface area contributed by atoms with Crippen LogP contribution in [0.25, 0.3) is 0 Å². The van der Waals surface area contributed by atoms with E-state index in [0.29, 0.717) is 13.0 Å². The fraction of sp³-hybridized carbons (Fsp3) is 0.250. The Bertz CT molecular complexity index is 493. The van der Waals surface area contributed by atoms with Crippen LogP contribution in [-0.4, -0.2) is 28.9 Å². The fourth-order valence-electron chi connectivity index (χ4n) is 2.08. The first-order valence-corrected chi connectivity index (χ1v) is 6.60. The number of carbonyl (C=O) groups is 1. The van der Waals surface area contributed by atoms with Crippen molar-refractivity contribution in [3.8, 4) is 0 Å². The molecule has 4 nitrogen and oxygen atoms in total. The number of benzene rings is 1. The minimum atomic E-state index is -0.515. The number of nitrogens with two attached hydrogens (primary N) is 1. The smallest absolute Gasteiger partial charge is 0.239 e. The number of carbonyl (C=O) groups excluding carboxylic acids is 1. The summed E-state index contributed by atoms with van der Waals surface area (Å²) < 4.78 is 0. The number of likely N-dealkylation sites (N-methyl/N-ethyl adjacent to an activating group) is 1. The number of amides is 1. The van der Waals surface area contributed by atoms with Crippen molar-refractivity contribution in [2.24, 2.45) is 5.73 Å². The Balaban J connectivity index is 1.93. The Morgan fingerprint density at radius 1 is 1.20 bits per heavy atom. The molecule has 1 aromatic heterocycles. The second-order valence-corrected chi connectivity index (χ2v) is 4.85. The molecular weight excluding hydrogens is 250 g/mol. The minimum Gasteiger partial charge on any atom is -0.340 e. The Morgan fingerprint density at radius 2 is 1.90 bits per heavy atom. The maximum absolute atomic E-state index is 12.2. The molecule has 1 heterocycles. The van der Waals surface area contributed by atoms with Crippen molar-refractivity contribution in [1.29, 1.82) is 0 Å². The summed E-state index contributed by atoms with van der Waals surface area (Å²) in [6, 6.07) is 13.1. The van der Waals surface area contributed by atoms with Gasteiger partial charge in [0.1, 0.15) is 0 Å². The Morgan fingerprint density at radius 3 is 2.55 bits per heavy atom. The Labute approximate surface area is 119 Å². The molecule has 0 fully saturated rings. The molecule has 0 aliphatic rings. The van der Waals surface area contributed by atoms with Gasteiger partial charge in [-0.25, -0.2) is 0 Å². The Hall–Kier alpha value is -2.20. The summed E-state index contributed by atoms with van der Waals surface area (Å²) in [5.41, 5.74) is 8.06. The summed E-state index contributed by atoms with van der Waals surface area (Å²) in [7, 11) is 1.76. The first-order chi connectivity index (χ1) is 9.66. The second kappa shape index (κ2) is 6.82. The lowest BCUT2D eigenvalue weighted by atomic mass is 10.1.